The number of carbonyl (C=O) groups excluding carboxylic acids is 1. The van der Waals surface area contributed by atoms with Crippen molar-refractivity contribution in [2.24, 2.45) is 5.92 Å². The van der Waals surface area contributed by atoms with Crippen molar-refractivity contribution in [2.75, 3.05) is 10.6 Å². The summed E-state index contributed by atoms with van der Waals surface area (Å²) in [6, 6.07) is 4.91. The molecule has 158 valence electrons. The Balaban J connectivity index is 1.46. The van der Waals surface area contributed by atoms with Crippen molar-refractivity contribution in [3.05, 3.63) is 40.7 Å². The zero-order valence-corrected chi connectivity index (χ0v) is 18.1. The Kier molecular flexibility index (Phi) is 4.77. The van der Waals surface area contributed by atoms with Gasteiger partial charge in [-0.25, -0.2) is 9.97 Å². The average Bonchev–Trinajstić information content (AvgIpc) is 3.53. The summed E-state index contributed by atoms with van der Waals surface area (Å²) in [5.74, 6) is 1.56. The van der Waals surface area contributed by atoms with Gasteiger partial charge in [0.25, 0.3) is 0 Å². The highest BCUT2D eigenvalue weighted by atomic mass is 16.2. The molecule has 0 saturated heterocycles. The first-order valence-corrected chi connectivity index (χ1v) is 11.3. The number of benzene rings is 1. The third-order valence-electron chi connectivity index (χ3n) is 7.07. The minimum absolute atomic E-state index is 0.0652. The van der Waals surface area contributed by atoms with E-state index in [-0.39, 0.29) is 17.4 Å². The lowest BCUT2D eigenvalue weighted by Crippen LogP contribution is -2.39. The predicted molar refractivity (Wildman–Crippen MR) is 119 cm³/mol. The molecule has 5 rings (SSSR count). The quantitative estimate of drug-likeness (QED) is 0.666. The van der Waals surface area contributed by atoms with E-state index in [9.17, 15) is 4.79 Å². The van der Waals surface area contributed by atoms with Crippen molar-refractivity contribution in [1.29, 1.82) is 0 Å². The maximum atomic E-state index is 12.2. The van der Waals surface area contributed by atoms with Crippen molar-refractivity contribution >= 4 is 23.2 Å². The summed E-state index contributed by atoms with van der Waals surface area (Å²) in [6.07, 6.45) is 9.78. The Morgan fingerprint density at radius 2 is 1.83 bits per heavy atom. The normalized spacial score (nSPS) is 22.0. The Morgan fingerprint density at radius 3 is 2.57 bits per heavy atom. The van der Waals surface area contributed by atoms with Crippen LogP contribution in [0, 0.1) is 19.8 Å². The highest BCUT2D eigenvalue weighted by Crippen LogP contribution is 2.48. The molecular weight excluding hydrogens is 374 g/mol. The second kappa shape index (κ2) is 7.34. The molecule has 0 radical (unpaired) electrons. The van der Waals surface area contributed by atoms with Crippen LogP contribution in [-0.2, 0) is 10.3 Å². The van der Waals surface area contributed by atoms with Crippen molar-refractivity contribution in [3.8, 4) is 0 Å². The van der Waals surface area contributed by atoms with Gasteiger partial charge in [-0.1, -0.05) is 19.3 Å². The Labute approximate surface area is 178 Å². The van der Waals surface area contributed by atoms with Crippen LogP contribution in [0.25, 0.3) is 0 Å². The monoisotopic (exact) mass is 405 g/mol. The largest absolute Gasteiger partial charge is 0.340 e. The van der Waals surface area contributed by atoms with Crippen LogP contribution >= 0.6 is 0 Å². The predicted octanol–water partition coefficient (Wildman–Crippen LogP) is 5.01. The van der Waals surface area contributed by atoms with Gasteiger partial charge < -0.3 is 16.0 Å². The number of carbonyl (C=O) groups is 1. The van der Waals surface area contributed by atoms with Crippen LogP contribution in [0.15, 0.2) is 18.5 Å². The summed E-state index contributed by atoms with van der Waals surface area (Å²) >= 11 is 0. The number of amides is 1. The minimum atomic E-state index is 0.0652. The second-order valence-corrected chi connectivity index (χ2v) is 9.35. The molecule has 2 heterocycles. The number of nitrogens with zero attached hydrogens (tertiary/aromatic N) is 2. The van der Waals surface area contributed by atoms with Crippen molar-refractivity contribution in [2.45, 2.75) is 77.3 Å². The summed E-state index contributed by atoms with van der Waals surface area (Å²) in [6.45, 7) is 6.45. The summed E-state index contributed by atoms with van der Waals surface area (Å²) in [4.78, 5) is 20.9. The van der Waals surface area contributed by atoms with E-state index in [0.717, 1.165) is 29.9 Å². The Morgan fingerprint density at radius 1 is 1.10 bits per heavy atom. The molecule has 2 aliphatic carbocycles. The van der Waals surface area contributed by atoms with Crippen molar-refractivity contribution in [1.82, 2.24) is 15.3 Å². The van der Waals surface area contributed by atoms with E-state index in [4.69, 9.17) is 0 Å². The van der Waals surface area contributed by atoms with E-state index in [1.54, 1.807) is 0 Å². The van der Waals surface area contributed by atoms with Crippen LogP contribution in [0.5, 0.6) is 0 Å². The summed E-state index contributed by atoms with van der Waals surface area (Å²) in [5, 5.41) is 10.4. The highest BCUT2D eigenvalue weighted by Gasteiger charge is 2.43. The molecule has 1 spiro atoms. The molecule has 1 aromatic heterocycles. The summed E-state index contributed by atoms with van der Waals surface area (Å²) in [5.41, 5.74) is 6.24. The lowest BCUT2D eigenvalue weighted by molar-refractivity contribution is -0.117. The third kappa shape index (κ3) is 3.37. The van der Waals surface area contributed by atoms with Crippen LogP contribution in [0.2, 0.25) is 0 Å². The number of rotatable bonds is 4. The number of aromatic nitrogens is 2. The first-order valence-electron chi connectivity index (χ1n) is 11.3. The third-order valence-corrected chi connectivity index (χ3v) is 7.07. The fourth-order valence-corrected chi connectivity index (χ4v) is 5.38. The highest BCUT2D eigenvalue weighted by molar-refractivity contribution is 5.94. The zero-order valence-electron chi connectivity index (χ0n) is 18.1. The van der Waals surface area contributed by atoms with Gasteiger partial charge in [0.2, 0.25) is 5.91 Å². The van der Waals surface area contributed by atoms with Crippen LogP contribution in [0.3, 0.4) is 0 Å². The molecule has 1 aromatic carbocycles. The molecule has 30 heavy (non-hydrogen) atoms. The van der Waals surface area contributed by atoms with Crippen molar-refractivity contribution in [3.63, 3.8) is 0 Å². The minimum Gasteiger partial charge on any atom is -0.340 e. The molecule has 1 amide bonds. The molecule has 3 aliphatic rings. The van der Waals surface area contributed by atoms with Crippen LogP contribution in [-0.4, -0.2) is 15.9 Å². The number of anilines is 3. The zero-order chi connectivity index (χ0) is 20.9. The van der Waals surface area contributed by atoms with Gasteiger partial charge in [0.15, 0.2) is 0 Å². The maximum absolute atomic E-state index is 12.2. The first kappa shape index (κ1) is 19.5. The van der Waals surface area contributed by atoms with E-state index in [1.165, 1.54) is 55.1 Å². The van der Waals surface area contributed by atoms with Crippen LogP contribution < -0.4 is 16.0 Å². The molecule has 6 heteroatoms. The number of hydrogen-bond donors (Lipinski definition) is 3. The standard InChI is InChI=1S/C24H31N5O/c1-14-11-18(12-19-20(14)16(3)29-24(19)9-5-4-6-10-24)27-21-15(2)22(26-13-25-21)28-23(30)17-7-8-17/h11-13,16-17,29H,4-10H2,1-3H3,(H2,25,26,27,28,30). The topological polar surface area (TPSA) is 78.9 Å². The van der Waals surface area contributed by atoms with E-state index in [1.807, 2.05) is 6.92 Å². The molecule has 2 aromatic rings. The Hall–Kier alpha value is -2.47. The van der Waals surface area contributed by atoms with Gasteiger partial charge >= 0.3 is 0 Å². The SMILES string of the molecule is Cc1cc(Nc2ncnc(NC(=O)C3CC3)c2C)cc2c1C(C)NC21CCCCC1. The molecule has 0 bridgehead atoms. The average molecular weight is 406 g/mol. The molecule has 3 N–H and O–H groups in total. The van der Waals surface area contributed by atoms with Gasteiger partial charge in [0.05, 0.1) is 0 Å². The lowest BCUT2D eigenvalue weighted by atomic mass is 9.77. The van der Waals surface area contributed by atoms with Crippen LogP contribution in [0.1, 0.15) is 80.2 Å². The molecular formula is C24H31N5O. The smallest absolute Gasteiger partial charge is 0.228 e. The molecule has 2 saturated carbocycles. The first-order chi connectivity index (χ1) is 14.5. The van der Waals surface area contributed by atoms with Gasteiger partial charge in [-0.3, -0.25) is 4.79 Å². The van der Waals surface area contributed by atoms with Gasteiger partial charge in [-0.15, -0.1) is 0 Å². The number of nitrogens with one attached hydrogen (secondary N) is 3. The van der Waals surface area contributed by atoms with E-state index in [2.05, 4.69) is 51.9 Å². The number of fused-ring (bicyclic) bond motifs is 2. The Bertz CT molecular complexity index is 991. The fourth-order valence-electron chi connectivity index (χ4n) is 5.38. The lowest BCUT2D eigenvalue weighted by Gasteiger charge is -2.35. The molecule has 2 fully saturated rings. The van der Waals surface area contributed by atoms with E-state index >= 15 is 0 Å². The molecule has 1 unspecified atom stereocenters. The summed E-state index contributed by atoms with van der Waals surface area (Å²) in [7, 11) is 0. The number of aryl methyl sites for hydroxylation is 1. The fraction of sp³-hybridized carbons (Fsp3) is 0.542. The maximum Gasteiger partial charge on any atom is 0.228 e. The van der Waals surface area contributed by atoms with E-state index in [0.29, 0.717) is 11.9 Å². The second-order valence-electron chi connectivity index (χ2n) is 9.35. The van der Waals surface area contributed by atoms with Crippen LogP contribution in [0.4, 0.5) is 17.3 Å². The summed E-state index contributed by atoms with van der Waals surface area (Å²) < 4.78 is 0. The molecule has 1 aliphatic heterocycles. The molecule has 1 atom stereocenters. The van der Waals surface area contributed by atoms with Gasteiger partial charge in [-0.2, -0.15) is 0 Å². The van der Waals surface area contributed by atoms with Gasteiger partial charge in [0, 0.05) is 28.7 Å². The van der Waals surface area contributed by atoms with Gasteiger partial charge in [-0.05, 0) is 75.3 Å². The molecule has 6 nitrogen and oxygen atoms in total. The van der Waals surface area contributed by atoms with E-state index < -0.39 is 0 Å². The number of hydrogen-bond acceptors (Lipinski definition) is 5. The van der Waals surface area contributed by atoms with Crippen molar-refractivity contribution < 1.29 is 4.79 Å². The van der Waals surface area contributed by atoms with Gasteiger partial charge in [0.1, 0.15) is 18.0 Å².